The van der Waals surface area contributed by atoms with Crippen molar-refractivity contribution < 1.29 is 24.9 Å². The molecule has 5 nitrogen and oxygen atoms in total. The average Bonchev–Trinajstić information content (AvgIpc) is 2.48. The molecule has 23 heavy (non-hydrogen) atoms. The zero-order valence-corrected chi connectivity index (χ0v) is 13.1. The molecule has 1 atom stereocenters. The number of carbonyl (C=O) groups is 2. The van der Waals surface area contributed by atoms with E-state index in [0.29, 0.717) is 0 Å². The van der Waals surface area contributed by atoms with Crippen LogP contribution in [0.1, 0.15) is 38.8 Å². The molecule has 0 bridgehead atoms. The van der Waals surface area contributed by atoms with Gasteiger partial charge < -0.3 is 15.3 Å². The van der Waals surface area contributed by atoms with E-state index in [1.165, 1.54) is 30.7 Å². The number of hydrogen-bond donors (Lipinski definition) is 3. The lowest BCUT2D eigenvalue weighted by atomic mass is 10.0. The van der Waals surface area contributed by atoms with Crippen LogP contribution >= 0.6 is 0 Å². The summed E-state index contributed by atoms with van der Waals surface area (Å²) in [5.74, 6) is -2.22. The Morgan fingerprint density at radius 1 is 0.913 bits per heavy atom. The van der Waals surface area contributed by atoms with Crippen LogP contribution in [0.15, 0.2) is 48.5 Å². The molecular weight excluding hydrogens is 296 g/mol. The zero-order chi connectivity index (χ0) is 17.4. The summed E-state index contributed by atoms with van der Waals surface area (Å²) in [5, 5.41) is 26.4. The van der Waals surface area contributed by atoms with Crippen molar-refractivity contribution in [3.63, 3.8) is 0 Å². The van der Waals surface area contributed by atoms with E-state index >= 15 is 0 Å². The van der Waals surface area contributed by atoms with Gasteiger partial charge in [-0.05, 0) is 43.5 Å². The topological polar surface area (TPSA) is 94.8 Å². The third kappa shape index (κ3) is 5.92. The minimum atomic E-state index is -1.11. The molecule has 5 heteroatoms. The number of carboxylic acid groups (broad SMARTS) is 2. The maximum Gasteiger partial charge on any atom is 0.335 e. The highest BCUT2D eigenvalue weighted by atomic mass is 16.4. The number of hydrogen-bond acceptors (Lipinski definition) is 3. The normalized spacial score (nSPS) is 11.1. The second-order valence-electron chi connectivity index (χ2n) is 5.13. The van der Waals surface area contributed by atoms with E-state index in [9.17, 15) is 9.59 Å². The van der Waals surface area contributed by atoms with Crippen LogP contribution in [0.25, 0.3) is 0 Å². The van der Waals surface area contributed by atoms with Gasteiger partial charge in [-0.15, -0.1) is 0 Å². The molecule has 0 aliphatic heterocycles. The van der Waals surface area contributed by atoms with Crippen molar-refractivity contribution in [2.75, 3.05) is 0 Å². The first-order chi connectivity index (χ1) is 10.8. The molecule has 0 aliphatic rings. The van der Waals surface area contributed by atoms with Crippen molar-refractivity contribution >= 4 is 11.9 Å². The van der Waals surface area contributed by atoms with Crippen molar-refractivity contribution in [3.8, 4) is 0 Å². The van der Waals surface area contributed by atoms with E-state index in [2.05, 4.69) is 0 Å². The summed E-state index contributed by atoms with van der Waals surface area (Å²) in [6, 6.07) is 14.2. The molecule has 0 saturated heterocycles. The van der Waals surface area contributed by atoms with Crippen LogP contribution in [0.4, 0.5) is 0 Å². The van der Waals surface area contributed by atoms with E-state index in [4.69, 9.17) is 15.3 Å². The van der Waals surface area contributed by atoms with E-state index in [-0.39, 0.29) is 22.8 Å². The van der Waals surface area contributed by atoms with Crippen molar-refractivity contribution in [2.24, 2.45) is 0 Å². The quantitative estimate of drug-likeness (QED) is 0.806. The summed E-state index contributed by atoms with van der Waals surface area (Å²) in [7, 11) is 0. The smallest absolute Gasteiger partial charge is 0.335 e. The molecule has 0 saturated carbocycles. The number of aliphatic hydroxyl groups is 1. The number of carboxylic acids is 2. The summed E-state index contributed by atoms with van der Waals surface area (Å²) in [5.41, 5.74) is 1.53. The van der Waals surface area contributed by atoms with Gasteiger partial charge in [-0.3, -0.25) is 0 Å². The average molecular weight is 316 g/mol. The Kier molecular flexibility index (Phi) is 6.96. The molecule has 0 fully saturated rings. The van der Waals surface area contributed by atoms with Gasteiger partial charge in [0.25, 0.3) is 0 Å². The number of aliphatic hydroxyl groups excluding tert-OH is 1. The van der Waals surface area contributed by atoms with Gasteiger partial charge in [0.2, 0.25) is 0 Å². The second-order valence-corrected chi connectivity index (χ2v) is 5.13. The molecular formula is C18H20O5. The first-order valence-electron chi connectivity index (χ1n) is 7.11. The minimum Gasteiger partial charge on any atom is -0.478 e. The Balaban J connectivity index is 0.000000238. The zero-order valence-electron chi connectivity index (χ0n) is 13.1. The summed E-state index contributed by atoms with van der Waals surface area (Å²) in [6.45, 7) is 3.28. The van der Waals surface area contributed by atoms with Gasteiger partial charge in [0, 0.05) is 0 Å². The van der Waals surface area contributed by atoms with Gasteiger partial charge in [-0.1, -0.05) is 36.4 Å². The summed E-state index contributed by atoms with van der Waals surface area (Å²) < 4.78 is 0. The maximum absolute atomic E-state index is 10.6. The van der Waals surface area contributed by atoms with Crippen molar-refractivity contribution in [1.82, 2.24) is 0 Å². The van der Waals surface area contributed by atoms with Crippen LogP contribution in [-0.4, -0.2) is 33.4 Å². The van der Waals surface area contributed by atoms with Crippen LogP contribution in [-0.2, 0) is 6.42 Å². The monoisotopic (exact) mass is 316 g/mol. The number of aromatic carboxylic acids is 2. The lowest BCUT2D eigenvalue weighted by Crippen LogP contribution is -2.06. The van der Waals surface area contributed by atoms with Crippen LogP contribution in [0.2, 0.25) is 0 Å². The highest BCUT2D eigenvalue weighted by molar-refractivity contribution is 5.96. The molecule has 0 heterocycles. The van der Waals surface area contributed by atoms with Crippen LogP contribution in [0.3, 0.4) is 0 Å². The van der Waals surface area contributed by atoms with E-state index < -0.39 is 11.9 Å². The number of benzene rings is 2. The van der Waals surface area contributed by atoms with E-state index in [0.717, 1.165) is 6.42 Å². The Hall–Kier alpha value is -2.66. The largest absolute Gasteiger partial charge is 0.478 e. The third-order valence-corrected chi connectivity index (χ3v) is 3.17. The molecule has 2 aromatic carbocycles. The van der Waals surface area contributed by atoms with Crippen molar-refractivity contribution in [3.05, 3.63) is 70.8 Å². The highest BCUT2D eigenvalue weighted by Crippen LogP contribution is 2.13. The van der Waals surface area contributed by atoms with Gasteiger partial charge in [0.15, 0.2) is 0 Å². The Morgan fingerprint density at radius 3 is 1.78 bits per heavy atom. The standard InChI is InChI=1S/C9H8O4.C9H12O/c1-5-6(8(10)11)3-2-4-7(5)9(12)13;1-8(10)7-9-5-3-2-4-6-9/h2-4H,1H3,(H,10,11)(H,12,13);2-6,8,10H,7H2,1H3. The van der Waals surface area contributed by atoms with Gasteiger partial charge in [0.05, 0.1) is 17.2 Å². The second kappa shape index (κ2) is 8.70. The molecule has 122 valence electrons. The molecule has 0 aromatic heterocycles. The fourth-order valence-corrected chi connectivity index (χ4v) is 2.05. The van der Waals surface area contributed by atoms with Crippen molar-refractivity contribution in [1.29, 1.82) is 0 Å². The van der Waals surface area contributed by atoms with E-state index in [1.807, 2.05) is 30.3 Å². The van der Waals surface area contributed by atoms with Gasteiger partial charge in [-0.2, -0.15) is 0 Å². The van der Waals surface area contributed by atoms with Gasteiger partial charge >= 0.3 is 11.9 Å². The summed E-state index contributed by atoms with van der Waals surface area (Å²) >= 11 is 0. The maximum atomic E-state index is 10.6. The highest BCUT2D eigenvalue weighted by Gasteiger charge is 2.13. The first-order valence-corrected chi connectivity index (χ1v) is 7.11. The molecule has 0 amide bonds. The summed E-state index contributed by atoms with van der Waals surface area (Å²) in [6.07, 6.45) is 0.517. The molecule has 2 rings (SSSR count). The van der Waals surface area contributed by atoms with Crippen molar-refractivity contribution in [2.45, 2.75) is 26.4 Å². The molecule has 2 aromatic rings. The predicted octanol–water partition coefficient (Wildman–Crippen LogP) is 3.00. The fourth-order valence-electron chi connectivity index (χ4n) is 2.05. The molecule has 1 unspecified atom stereocenters. The minimum absolute atomic E-state index is 0.0277. The molecule has 0 aliphatic carbocycles. The number of rotatable bonds is 4. The first kappa shape index (κ1) is 18.4. The van der Waals surface area contributed by atoms with Gasteiger partial charge in [-0.25, -0.2) is 9.59 Å². The summed E-state index contributed by atoms with van der Waals surface area (Å²) in [4.78, 5) is 21.2. The lowest BCUT2D eigenvalue weighted by molar-refractivity contribution is 0.0696. The lowest BCUT2D eigenvalue weighted by Gasteiger charge is -2.03. The van der Waals surface area contributed by atoms with E-state index in [1.54, 1.807) is 6.92 Å². The van der Waals surface area contributed by atoms with Gasteiger partial charge in [0.1, 0.15) is 0 Å². The van der Waals surface area contributed by atoms with Crippen LogP contribution in [0, 0.1) is 6.92 Å². The Bertz CT molecular complexity index is 630. The van der Waals surface area contributed by atoms with Crippen LogP contribution < -0.4 is 0 Å². The fraction of sp³-hybridized carbons (Fsp3) is 0.222. The Labute approximate surface area is 134 Å². The SMILES string of the molecule is CC(O)Cc1ccccc1.Cc1c(C(=O)O)cccc1C(=O)O. The Morgan fingerprint density at radius 2 is 1.39 bits per heavy atom. The predicted molar refractivity (Wildman–Crippen MR) is 86.9 cm³/mol. The molecule has 0 radical (unpaired) electrons. The molecule has 0 spiro atoms. The van der Waals surface area contributed by atoms with Crippen LogP contribution in [0.5, 0.6) is 0 Å². The third-order valence-electron chi connectivity index (χ3n) is 3.17. The molecule has 3 N–H and O–H groups in total.